The van der Waals surface area contributed by atoms with Crippen molar-refractivity contribution in [2.45, 2.75) is 18.6 Å². The van der Waals surface area contributed by atoms with E-state index in [1.54, 1.807) is 0 Å². The van der Waals surface area contributed by atoms with E-state index >= 15 is 0 Å². The number of hydrogen-bond donors (Lipinski definition) is 2. The van der Waals surface area contributed by atoms with Gasteiger partial charge >= 0.3 is 12.3 Å². The van der Waals surface area contributed by atoms with E-state index < -0.39 is 24.0 Å². The number of nitrogens with one attached hydrogen (secondary N) is 1. The number of halogens is 3. The molecular formula is C11H10F3N3O3. The summed E-state index contributed by atoms with van der Waals surface area (Å²) in [4.78, 5) is 26.6. The van der Waals surface area contributed by atoms with Crippen molar-refractivity contribution in [1.29, 1.82) is 0 Å². The highest BCUT2D eigenvalue weighted by atomic mass is 19.4. The quantitative estimate of drug-likeness (QED) is 0.863. The molecule has 2 heterocycles. The van der Waals surface area contributed by atoms with Gasteiger partial charge in [-0.1, -0.05) is 0 Å². The number of alkyl halides is 3. The van der Waals surface area contributed by atoms with E-state index in [2.05, 4.69) is 10.3 Å². The third-order valence-corrected chi connectivity index (χ3v) is 2.80. The third kappa shape index (κ3) is 2.98. The van der Waals surface area contributed by atoms with Crippen molar-refractivity contribution in [1.82, 2.24) is 10.3 Å². The number of hydrogen-bond acceptors (Lipinski definition) is 3. The first-order valence-electron chi connectivity index (χ1n) is 5.60. The van der Waals surface area contributed by atoms with Crippen LogP contribution in [0, 0.1) is 0 Å². The summed E-state index contributed by atoms with van der Waals surface area (Å²) in [6.45, 7) is 0.0676. The molecule has 1 aliphatic heterocycles. The molecule has 2 N–H and O–H groups in total. The van der Waals surface area contributed by atoms with E-state index in [1.165, 1.54) is 4.90 Å². The minimum Gasteiger partial charge on any atom is -0.465 e. The molecule has 1 aliphatic rings. The predicted octanol–water partition coefficient (Wildman–Crippen LogP) is 1.47. The predicted molar refractivity (Wildman–Crippen MR) is 61.2 cm³/mol. The van der Waals surface area contributed by atoms with Crippen LogP contribution >= 0.6 is 0 Å². The maximum Gasteiger partial charge on any atom is 0.433 e. The third-order valence-electron chi connectivity index (χ3n) is 2.80. The van der Waals surface area contributed by atoms with Crippen molar-refractivity contribution in [3.05, 3.63) is 24.0 Å². The molecule has 0 bridgehead atoms. The summed E-state index contributed by atoms with van der Waals surface area (Å²) in [7, 11) is 0. The number of pyridine rings is 1. The fourth-order valence-corrected chi connectivity index (χ4v) is 1.94. The van der Waals surface area contributed by atoms with Gasteiger partial charge in [-0.3, -0.25) is 4.79 Å². The molecule has 108 valence electrons. The molecule has 1 fully saturated rings. The van der Waals surface area contributed by atoms with Crippen LogP contribution < -0.4 is 10.2 Å². The molecule has 1 aromatic rings. The molecule has 20 heavy (non-hydrogen) atoms. The van der Waals surface area contributed by atoms with Gasteiger partial charge in [-0.05, 0) is 12.1 Å². The lowest BCUT2D eigenvalue weighted by Gasteiger charge is -2.17. The zero-order chi connectivity index (χ0) is 14.9. The van der Waals surface area contributed by atoms with E-state index in [9.17, 15) is 22.8 Å². The Balaban J connectivity index is 2.12. The Bertz CT molecular complexity index is 530. The Hall–Kier alpha value is -2.32. The maximum absolute atomic E-state index is 12.4. The lowest BCUT2D eigenvalue weighted by molar-refractivity contribution is -0.141. The number of carbonyl (C=O) groups is 2. The molecule has 0 aromatic carbocycles. The Morgan fingerprint density at radius 2 is 2.15 bits per heavy atom. The van der Waals surface area contributed by atoms with Gasteiger partial charge in [0.25, 0.3) is 0 Å². The monoisotopic (exact) mass is 289 g/mol. The molecule has 0 spiro atoms. The highest BCUT2D eigenvalue weighted by Gasteiger charge is 2.34. The number of amides is 2. The van der Waals surface area contributed by atoms with Gasteiger partial charge in [0.15, 0.2) is 0 Å². The highest BCUT2D eigenvalue weighted by Crippen LogP contribution is 2.29. The van der Waals surface area contributed by atoms with Crippen LogP contribution in [0.1, 0.15) is 12.1 Å². The Kier molecular flexibility index (Phi) is 3.51. The van der Waals surface area contributed by atoms with Crippen molar-refractivity contribution in [3.8, 4) is 0 Å². The molecule has 0 saturated carbocycles. The number of aromatic nitrogens is 1. The van der Waals surface area contributed by atoms with Crippen LogP contribution in [-0.4, -0.2) is 34.7 Å². The van der Waals surface area contributed by atoms with Gasteiger partial charge in [0, 0.05) is 13.0 Å². The topological polar surface area (TPSA) is 82.5 Å². The number of rotatable bonds is 2. The van der Waals surface area contributed by atoms with Crippen molar-refractivity contribution in [3.63, 3.8) is 0 Å². The lowest BCUT2D eigenvalue weighted by atomic mass is 10.3. The molecule has 1 aromatic heterocycles. The van der Waals surface area contributed by atoms with Gasteiger partial charge in [-0.15, -0.1) is 0 Å². The molecule has 2 rings (SSSR count). The van der Waals surface area contributed by atoms with E-state index in [1.807, 2.05) is 0 Å². The second kappa shape index (κ2) is 4.99. The summed E-state index contributed by atoms with van der Waals surface area (Å²) >= 11 is 0. The first kappa shape index (κ1) is 14.1. The van der Waals surface area contributed by atoms with Crippen LogP contribution in [0.3, 0.4) is 0 Å². The second-order valence-corrected chi connectivity index (χ2v) is 4.25. The van der Waals surface area contributed by atoms with Gasteiger partial charge < -0.3 is 15.3 Å². The van der Waals surface area contributed by atoms with Gasteiger partial charge in [0.1, 0.15) is 5.69 Å². The maximum atomic E-state index is 12.4. The molecule has 1 unspecified atom stereocenters. The van der Waals surface area contributed by atoms with Crippen LogP contribution in [0.25, 0.3) is 0 Å². The van der Waals surface area contributed by atoms with Crippen LogP contribution in [0.4, 0.5) is 23.7 Å². The highest BCUT2D eigenvalue weighted by molar-refractivity contribution is 5.96. The van der Waals surface area contributed by atoms with Gasteiger partial charge in [-0.2, -0.15) is 13.2 Å². The molecule has 9 heteroatoms. The van der Waals surface area contributed by atoms with Gasteiger partial charge in [-0.25, -0.2) is 9.78 Å². The largest absolute Gasteiger partial charge is 0.465 e. The number of anilines is 1. The lowest BCUT2D eigenvalue weighted by Crippen LogP contribution is -2.36. The SMILES string of the molecule is O=C(O)NC1CC(=O)N(c2ccc(C(F)(F)F)nc2)C1. The van der Waals surface area contributed by atoms with Crippen LogP contribution in [0.2, 0.25) is 0 Å². The molecule has 1 saturated heterocycles. The first-order valence-corrected chi connectivity index (χ1v) is 5.60. The normalized spacial score (nSPS) is 19.2. The summed E-state index contributed by atoms with van der Waals surface area (Å²) in [5.41, 5.74) is -0.842. The average Bonchev–Trinajstić information content (AvgIpc) is 2.68. The zero-order valence-electron chi connectivity index (χ0n) is 10.0. The second-order valence-electron chi connectivity index (χ2n) is 4.25. The van der Waals surface area contributed by atoms with Gasteiger partial charge in [0.05, 0.1) is 17.9 Å². The van der Waals surface area contributed by atoms with Crippen molar-refractivity contribution >= 4 is 17.7 Å². The zero-order valence-corrected chi connectivity index (χ0v) is 10.0. The minimum absolute atomic E-state index is 0.0344. The molecule has 0 radical (unpaired) electrons. The Labute approximate surface area is 111 Å². The summed E-state index contributed by atoms with van der Waals surface area (Å²) in [6, 6.07) is 1.33. The minimum atomic E-state index is -4.54. The Morgan fingerprint density at radius 1 is 1.45 bits per heavy atom. The molecule has 1 atom stereocenters. The van der Waals surface area contributed by atoms with E-state index in [-0.39, 0.29) is 24.6 Å². The smallest absolute Gasteiger partial charge is 0.433 e. The standard InChI is InChI=1S/C11H10F3N3O3/c12-11(13,14)8-2-1-7(4-15-8)17-5-6(3-9(17)18)16-10(19)20/h1-2,4,6,16H,3,5H2,(H,19,20). The molecular weight excluding hydrogens is 279 g/mol. The number of carbonyl (C=O) groups excluding carboxylic acids is 1. The van der Waals surface area contributed by atoms with Crippen LogP contribution in [-0.2, 0) is 11.0 Å². The van der Waals surface area contributed by atoms with E-state index in [0.29, 0.717) is 0 Å². The van der Waals surface area contributed by atoms with E-state index in [0.717, 1.165) is 18.3 Å². The van der Waals surface area contributed by atoms with E-state index in [4.69, 9.17) is 5.11 Å². The summed E-state index contributed by atoms with van der Waals surface area (Å²) in [6.07, 6.45) is -4.88. The molecule has 2 amide bonds. The van der Waals surface area contributed by atoms with Crippen molar-refractivity contribution in [2.24, 2.45) is 0 Å². The summed E-state index contributed by atoms with van der Waals surface area (Å²) in [5.74, 6) is -0.370. The molecule has 6 nitrogen and oxygen atoms in total. The van der Waals surface area contributed by atoms with Crippen molar-refractivity contribution in [2.75, 3.05) is 11.4 Å². The Morgan fingerprint density at radius 3 is 2.65 bits per heavy atom. The summed E-state index contributed by atoms with van der Waals surface area (Å²) in [5, 5.41) is 10.7. The van der Waals surface area contributed by atoms with Gasteiger partial charge in [0.2, 0.25) is 5.91 Å². The first-order chi connectivity index (χ1) is 9.27. The number of carboxylic acid groups (broad SMARTS) is 1. The summed E-state index contributed by atoms with van der Waals surface area (Å²) < 4.78 is 37.1. The van der Waals surface area contributed by atoms with Crippen LogP contribution in [0.15, 0.2) is 18.3 Å². The average molecular weight is 289 g/mol. The van der Waals surface area contributed by atoms with Crippen molar-refractivity contribution < 1.29 is 27.9 Å². The fourth-order valence-electron chi connectivity index (χ4n) is 1.94. The fraction of sp³-hybridized carbons (Fsp3) is 0.364. The van der Waals surface area contributed by atoms with Crippen LogP contribution in [0.5, 0.6) is 0 Å². The molecule has 0 aliphatic carbocycles. The number of nitrogens with zero attached hydrogens (tertiary/aromatic N) is 2.